The van der Waals surface area contributed by atoms with Gasteiger partial charge in [-0.3, -0.25) is 15.0 Å². The maximum absolute atomic E-state index is 10.7. The van der Waals surface area contributed by atoms with Crippen LogP contribution in [0.1, 0.15) is 5.56 Å². The van der Waals surface area contributed by atoms with E-state index in [-0.39, 0.29) is 16.7 Å². The smallest absolute Gasteiger partial charge is 0.269 e. The molecule has 1 aromatic carbocycles. The van der Waals surface area contributed by atoms with Gasteiger partial charge in [-0.15, -0.1) is 0 Å². The van der Waals surface area contributed by atoms with Crippen LogP contribution in [0.2, 0.25) is 0 Å². The molecule has 1 heterocycles. The van der Waals surface area contributed by atoms with Gasteiger partial charge in [0, 0.05) is 38.3 Å². The molecule has 0 spiro atoms. The van der Waals surface area contributed by atoms with Crippen LogP contribution < -0.4 is 5.73 Å². The Kier molecular flexibility index (Phi) is 4.24. The lowest BCUT2D eigenvalue weighted by Crippen LogP contribution is -2.45. The molecule has 2 N–H and O–H groups in total. The number of hydrogen-bond donors (Lipinski definition) is 1. The second kappa shape index (κ2) is 5.90. The lowest BCUT2D eigenvalue weighted by atomic mass is 10.1. The SMILES string of the molecule is NCC1CN(Cc2cccc([N+](=O)[O-])c2)CCO1. The number of benzene rings is 1. The third-order valence-corrected chi connectivity index (χ3v) is 3.01. The van der Waals surface area contributed by atoms with E-state index >= 15 is 0 Å². The maximum Gasteiger partial charge on any atom is 0.269 e. The van der Waals surface area contributed by atoms with Gasteiger partial charge < -0.3 is 10.5 Å². The summed E-state index contributed by atoms with van der Waals surface area (Å²) in [5, 5.41) is 10.7. The van der Waals surface area contributed by atoms with Gasteiger partial charge in [0.1, 0.15) is 0 Å². The molecule has 18 heavy (non-hydrogen) atoms. The van der Waals surface area contributed by atoms with Gasteiger partial charge in [-0.2, -0.15) is 0 Å². The van der Waals surface area contributed by atoms with Crippen LogP contribution in [0.3, 0.4) is 0 Å². The number of non-ortho nitro benzene ring substituents is 1. The average Bonchev–Trinajstić information content (AvgIpc) is 2.39. The molecule has 98 valence electrons. The van der Waals surface area contributed by atoms with Crippen LogP contribution in [0.5, 0.6) is 0 Å². The highest BCUT2D eigenvalue weighted by Crippen LogP contribution is 2.16. The van der Waals surface area contributed by atoms with E-state index in [9.17, 15) is 10.1 Å². The number of nitrogens with two attached hydrogens (primary N) is 1. The summed E-state index contributed by atoms with van der Waals surface area (Å²) in [7, 11) is 0. The predicted octanol–water partition coefficient (Wildman–Crippen LogP) is 0.754. The molecule has 1 aromatic rings. The second-order valence-corrected chi connectivity index (χ2v) is 4.39. The van der Waals surface area contributed by atoms with E-state index in [4.69, 9.17) is 10.5 Å². The summed E-state index contributed by atoms with van der Waals surface area (Å²) < 4.78 is 5.48. The Labute approximate surface area is 105 Å². The van der Waals surface area contributed by atoms with Crippen LogP contribution in [-0.2, 0) is 11.3 Å². The van der Waals surface area contributed by atoms with Gasteiger partial charge >= 0.3 is 0 Å². The summed E-state index contributed by atoms with van der Waals surface area (Å²) in [4.78, 5) is 12.5. The molecule has 0 aromatic heterocycles. The lowest BCUT2D eigenvalue weighted by molar-refractivity contribution is -0.384. The Hall–Kier alpha value is -1.50. The minimum atomic E-state index is -0.370. The van der Waals surface area contributed by atoms with E-state index in [1.165, 1.54) is 6.07 Å². The molecular formula is C12H17N3O3. The van der Waals surface area contributed by atoms with E-state index < -0.39 is 0 Å². The van der Waals surface area contributed by atoms with Gasteiger partial charge in [-0.1, -0.05) is 12.1 Å². The third-order valence-electron chi connectivity index (χ3n) is 3.01. The Morgan fingerprint density at radius 2 is 2.39 bits per heavy atom. The first-order chi connectivity index (χ1) is 8.69. The summed E-state index contributed by atoms with van der Waals surface area (Å²) in [6.45, 7) is 3.47. The van der Waals surface area contributed by atoms with Crippen molar-refractivity contribution >= 4 is 5.69 Å². The molecule has 6 heteroatoms. The van der Waals surface area contributed by atoms with Crippen molar-refractivity contribution in [2.24, 2.45) is 5.73 Å². The van der Waals surface area contributed by atoms with E-state index in [1.54, 1.807) is 12.1 Å². The van der Waals surface area contributed by atoms with Crippen molar-refractivity contribution in [1.29, 1.82) is 0 Å². The number of ether oxygens (including phenoxy) is 1. The average molecular weight is 251 g/mol. The number of hydrogen-bond acceptors (Lipinski definition) is 5. The van der Waals surface area contributed by atoms with Gasteiger partial charge in [-0.05, 0) is 5.56 Å². The zero-order chi connectivity index (χ0) is 13.0. The quantitative estimate of drug-likeness (QED) is 0.631. The van der Waals surface area contributed by atoms with Crippen molar-refractivity contribution in [2.45, 2.75) is 12.6 Å². The van der Waals surface area contributed by atoms with Gasteiger partial charge in [0.15, 0.2) is 0 Å². The highest BCUT2D eigenvalue weighted by Gasteiger charge is 2.19. The second-order valence-electron chi connectivity index (χ2n) is 4.39. The minimum absolute atomic E-state index is 0.0671. The summed E-state index contributed by atoms with van der Waals surface area (Å²) >= 11 is 0. The molecule has 1 aliphatic rings. The molecule has 2 rings (SSSR count). The number of nitrogens with zero attached hydrogens (tertiary/aromatic N) is 2. The molecule has 0 radical (unpaired) electrons. The summed E-state index contributed by atoms with van der Waals surface area (Å²) in [5.41, 5.74) is 6.66. The molecule has 1 atom stereocenters. The zero-order valence-corrected chi connectivity index (χ0v) is 10.1. The van der Waals surface area contributed by atoms with Crippen molar-refractivity contribution in [3.63, 3.8) is 0 Å². The zero-order valence-electron chi connectivity index (χ0n) is 10.1. The number of nitro benzene ring substituents is 1. The largest absolute Gasteiger partial charge is 0.374 e. The van der Waals surface area contributed by atoms with Crippen molar-refractivity contribution < 1.29 is 9.66 Å². The van der Waals surface area contributed by atoms with Crippen LogP contribution in [0.25, 0.3) is 0 Å². The number of rotatable bonds is 4. The van der Waals surface area contributed by atoms with Gasteiger partial charge in [-0.25, -0.2) is 0 Å². The fourth-order valence-corrected chi connectivity index (χ4v) is 2.09. The fourth-order valence-electron chi connectivity index (χ4n) is 2.09. The summed E-state index contributed by atoms with van der Waals surface area (Å²) in [6.07, 6.45) is 0.0671. The van der Waals surface area contributed by atoms with Gasteiger partial charge in [0.2, 0.25) is 0 Å². The van der Waals surface area contributed by atoms with E-state index in [1.807, 2.05) is 6.07 Å². The van der Waals surface area contributed by atoms with Crippen LogP contribution in [0.15, 0.2) is 24.3 Å². The summed E-state index contributed by atoms with van der Waals surface area (Å²) in [5.74, 6) is 0. The Bertz CT molecular complexity index is 425. The Morgan fingerprint density at radius 3 is 3.11 bits per heavy atom. The van der Waals surface area contributed by atoms with Crippen LogP contribution in [0.4, 0.5) is 5.69 Å². The monoisotopic (exact) mass is 251 g/mol. The first-order valence-electron chi connectivity index (χ1n) is 5.96. The van der Waals surface area contributed by atoms with Gasteiger partial charge in [0.25, 0.3) is 5.69 Å². The number of morpholine rings is 1. The molecule has 0 aliphatic carbocycles. The first kappa shape index (κ1) is 12.9. The van der Waals surface area contributed by atoms with Crippen molar-refractivity contribution in [2.75, 3.05) is 26.2 Å². The molecule has 0 saturated carbocycles. The van der Waals surface area contributed by atoms with Crippen LogP contribution in [0, 0.1) is 10.1 Å². The fraction of sp³-hybridized carbons (Fsp3) is 0.500. The van der Waals surface area contributed by atoms with Crippen molar-refractivity contribution in [1.82, 2.24) is 4.90 Å². The molecule has 6 nitrogen and oxygen atoms in total. The molecule has 0 amide bonds. The molecule has 1 aliphatic heterocycles. The molecule has 0 bridgehead atoms. The molecule has 1 fully saturated rings. The van der Waals surface area contributed by atoms with E-state index in [2.05, 4.69) is 4.90 Å². The number of nitro groups is 1. The predicted molar refractivity (Wildman–Crippen MR) is 67.2 cm³/mol. The molecule has 1 saturated heterocycles. The Morgan fingerprint density at radius 1 is 1.56 bits per heavy atom. The standard InChI is InChI=1S/C12H17N3O3/c13-7-12-9-14(4-5-18-12)8-10-2-1-3-11(6-10)15(16)17/h1-3,6,12H,4-5,7-9,13H2. The van der Waals surface area contributed by atoms with Crippen LogP contribution >= 0.6 is 0 Å². The van der Waals surface area contributed by atoms with Gasteiger partial charge in [0.05, 0.1) is 17.6 Å². The van der Waals surface area contributed by atoms with E-state index in [0.29, 0.717) is 19.7 Å². The highest BCUT2D eigenvalue weighted by molar-refractivity contribution is 5.34. The third kappa shape index (κ3) is 3.25. The van der Waals surface area contributed by atoms with E-state index in [0.717, 1.165) is 18.7 Å². The first-order valence-corrected chi connectivity index (χ1v) is 5.96. The summed E-state index contributed by atoms with van der Waals surface area (Å²) in [6, 6.07) is 6.74. The highest BCUT2D eigenvalue weighted by atomic mass is 16.6. The lowest BCUT2D eigenvalue weighted by Gasteiger charge is -2.32. The Balaban J connectivity index is 2.00. The minimum Gasteiger partial charge on any atom is -0.374 e. The van der Waals surface area contributed by atoms with Crippen LogP contribution in [-0.4, -0.2) is 42.2 Å². The molecule has 1 unspecified atom stereocenters. The normalized spacial score (nSPS) is 20.8. The van der Waals surface area contributed by atoms with Crippen molar-refractivity contribution in [3.05, 3.63) is 39.9 Å². The molecular weight excluding hydrogens is 234 g/mol. The van der Waals surface area contributed by atoms with Crippen molar-refractivity contribution in [3.8, 4) is 0 Å². The topological polar surface area (TPSA) is 81.6 Å². The maximum atomic E-state index is 10.7.